The largest absolute Gasteiger partial charge is 0.497 e. The van der Waals surface area contributed by atoms with Crippen LogP contribution in [0.15, 0.2) is 48.7 Å². The highest BCUT2D eigenvalue weighted by Crippen LogP contribution is 2.35. The number of nitrogens with one attached hydrogen (secondary N) is 1. The Morgan fingerprint density at radius 2 is 2.04 bits per heavy atom. The number of aromatic amines is 1. The van der Waals surface area contributed by atoms with Crippen LogP contribution in [-0.4, -0.2) is 23.2 Å². The van der Waals surface area contributed by atoms with Crippen molar-refractivity contribution in [3.05, 3.63) is 65.6 Å². The third-order valence-corrected chi connectivity index (χ3v) is 3.96. The van der Waals surface area contributed by atoms with Crippen molar-refractivity contribution in [3.63, 3.8) is 0 Å². The zero-order valence-electron chi connectivity index (χ0n) is 12.5. The normalized spacial score (nSPS) is 12.3. The Morgan fingerprint density at radius 1 is 1.26 bits per heavy atom. The van der Waals surface area contributed by atoms with Gasteiger partial charge >= 0.3 is 5.97 Å². The number of fused-ring (bicyclic) bond motifs is 1. The predicted octanol–water partition coefficient (Wildman–Crippen LogP) is 3.92. The quantitative estimate of drug-likeness (QED) is 0.750. The van der Waals surface area contributed by atoms with Gasteiger partial charge in [0, 0.05) is 23.0 Å². The van der Waals surface area contributed by atoms with E-state index in [4.69, 9.17) is 4.74 Å². The van der Waals surface area contributed by atoms with Crippen LogP contribution in [0.5, 0.6) is 5.75 Å². The molecule has 0 aliphatic rings. The van der Waals surface area contributed by atoms with Gasteiger partial charge in [0.15, 0.2) is 0 Å². The Labute approximate surface area is 132 Å². The van der Waals surface area contributed by atoms with Gasteiger partial charge in [0.1, 0.15) is 11.6 Å². The molecule has 0 aliphatic carbocycles. The number of carboxylic acid groups (broad SMARTS) is 1. The van der Waals surface area contributed by atoms with Crippen LogP contribution in [0.4, 0.5) is 4.39 Å². The summed E-state index contributed by atoms with van der Waals surface area (Å²) in [6.07, 6.45) is 1.55. The van der Waals surface area contributed by atoms with Crippen molar-refractivity contribution in [1.29, 1.82) is 0 Å². The van der Waals surface area contributed by atoms with E-state index in [0.717, 1.165) is 16.5 Å². The monoisotopic (exact) mass is 313 g/mol. The molecule has 23 heavy (non-hydrogen) atoms. The van der Waals surface area contributed by atoms with Gasteiger partial charge in [-0.1, -0.05) is 18.2 Å². The summed E-state index contributed by atoms with van der Waals surface area (Å²) in [4.78, 5) is 14.4. The molecule has 0 unspecified atom stereocenters. The first-order valence-corrected chi connectivity index (χ1v) is 7.21. The fourth-order valence-electron chi connectivity index (χ4n) is 2.86. The van der Waals surface area contributed by atoms with Gasteiger partial charge in [-0.3, -0.25) is 4.79 Å². The Kier molecular flexibility index (Phi) is 4.02. The van der Waals surface area contributed by atoms with E-state index in [2.05, 4.69) is 4.98 Å². The average Bonchev–Trinajstić information content (AvgIpc) is 2.96. The maximum absolute atomic E-state index is 14.2. The van der Waals surface area contributed by atoms with Crippen molar-refractivity contribution >= 4 is 16.9 Å². The zero-order chi connectivity index (χ0) is 16.4. The average molecular weight is 313 g/mol. The Hall–Kier alpha value is -2.82. The minimum Gasteiger partial charge on any atom is -0.497 e. The second-order valence-electron chi connectivity index (χ2n) is 5.33. The van der Waals surface area contributed by atoms with Crippen molar-refractivity contribution in [1.82, 2.24) is 4.98 Å². The molecule has 0 aliphatic heterocycles. The number of halogens is 1. The molecule has 118 valence electrons. The standard InChI is InChI=1S/C18H16FNO3/c1-23-11-6-7-17-14(8-11)15(10-20-17)13(9-18(21)22)12-4-2-3-5-16(12)19/h2-8,10,13,20H,9H2,1H3,(H,21,22)/t13-/m0/s1. The maximum atomic E-state index is 14.2. The number of ether oxygens (including phenoxy) is 1. The van der Waals surface area contributed by atoms with E-state index in [1.807, 2.05) is 18.2 Å². The summed E-state index contributed by atoms with van der Waals surface area (Å²) in [6, 6.07) is 11.8. The highest BCUT2D eigenvalue weighted by Gasteiger charge is 2.23. The van der Waals surface area contributed by atoms with E-state index in [1.54, 1.807) is 31.5 Å². The van der Waals surface area contributed by atoms with Gasteiger partial charge in [0.2, 0.25) is 0 Å². The van der Waals surface area contributed by atoms with E-state index in [-0.39, 0.29) is 6.42 Å². The third kappa shape index (κ3) is 2.90. The van der Waals surface area contributed by atoms with Crippen LogP contribution in [0.25, 0.3) is 10.9 Å². The first-order chi connectivity index (χ1) is 11.1. The zero-order valence-corrected chi connectivity index (χ0v) is 12.5. The lowest BCUT2D eigenvalue weighted by Gasteiger charge is -2.16. The van der Waals surface area contributed by atoms with Crippen LogP contribution in [0.2, 0.25) is 0 Å². The molecule has 0 radical (unpaired) electrons. The van der Waals surface area contributed by atoms with Crippen molar-refractivity contribution in [3.8, 4) is 5.75 Å². The minimum absolute atomic E-state index is 0.189. The van der Waals surface area contributed by atoms with Crippen molar-refractivity contribution < 1.29 is 19.0 Å². The van der Waals surface area contributed by atoms with E-state index in [1.165, 1.54) is 6.07 Å². The maximum Gasteiger partial charge on any atom is 0.304 e. The van der Waals surface area contributed by atoms with Crippen LogP contribution in [0, 0.1) is 5.82 Å². The van der Waals surface area contributed by atoms with Gasteiger partial charge in [0.05, 0.1) is 13.5 Å². The molecule has 0 saturated carbocycles. The minimum atomic E-state index is -0.976. The molecular weight excluding hydrogens is 297 g/mol. The Morgan fingerprint density at radius 3 is 2.74 bits per heavy atom. The highest BCUT2D eigenvalue weighted by molar-refractivity contribution is 5.86. The molecule has 3 aromatic rings. The number of carbonyl (C=O) groups is 1. The van der Waals surface area contributed by atoms with Crippen molar-refractivity contribution in [2.75, 3.05) is 7.11 Å². The summed E-state index contributed by atoms with van der Waals surface area (Å²) in [5, 5.41) is 10.1. The van der Waals surface area contributed by atoms with E-state index in [0.29, 0.717) is 11.3 Å². The molecular formula is C18H16FNO3. The van der Waals surface area contributed by atoms with Crippen LogP contribution in [0.1, 0.15) is 23.5 Å². The summed E-state index contributed by atoms with van der Waals surface area (Å²) < 4.78 is 19.4. The smallest absolute Gasteiger partial charge is 0.304 e. The van der Waals surface area contributed by atoms with Crippen LogP contribution < -0.4 is 4.74 Å². The first kappa shape index (κ1) is 15.1. The van der Waals surface area contributed by atoms with Crippen LogP contribution >= 0.6 is 0 Å². The number of carboxylic acids is 1. The van der Waals surface area contributed by atoms with Gasteiger partial charge < -0.3 is 14.8 Å². The molecule has 1 aromatic heterocycles. The number of rotatable bonds is 5. The fourth-order valence-corrected chi connectivity index (χ4v) is 2.86. The lowest BCUT2D eigenvalue weighted by Crippen LogP contribution is -2.09. The van der Waals surface area contributed by atoms with Gasteiger partial charge in [0.25, 0.3) is 0 Å². The number of methoxy groups -OCH3 is 1. The van der Waals surface area contributed by atoms with E-state index >= 15 is 0 Å². The Bertz CT molecular complexity index is 856. The molecule has 1 heterocycles. The first-order valence-electron chi connectivity index (χ1n) is 7.21. The summed E-state index contributed by atoms with van der Waals surface area (Å²) in [7, 11) is 1.57. The van der Waals surface area contributed by atoms with Gasteiger partial charge in [-0.25, -0.2) is 4.39 Å². The summed E-state index contributed by atoms with van der Waals surface area (Å²) in [6.45, 7) is 0. The molecule has 0 bridgehead atoms. The lowest BCUT2D eigenvalue weighted by atomic mass is 9.88. The van der Waals surface area contributed by atoms with E-state index < -0.39 is 17.7 Å². The van der Waals surface area contributed by atoms with Crippen LogP contribution in [-0.2, 0) is 4.79 Å². The number of aliphatic carboxylic acids is 1. The molecule has 0 amide bonds. The van der Waals surface area contributed by atoms with E-state index in [9.17, 15) is 14.3 Å². The van der Waals surface area contributed by atoms with Gasteiger partial charge in [-0.2, -0.15) is 0 Å². The second kappa shape index (κ2) is 6.12. The molecule has 3 rings (SSSR count). The van der Waals surface area contributed by atoms with Crippen molar-refractivity contribution in [2.24, 2.45) is 0 Å². The Balaban J connectivity index is 2.17. The molecule has 1 atom stereocenters. The SMILES string of the molecule is COc1ccc2[nH]cc([C@@H](CC(=O)O)c3ccccc3F)c2c1. The van der Waals surface area contributed by atoms with Gasteiger partial charge in [-0.05, 0) is 35.4 Å². The van der Waals surface area contributed by atoms with Crippen LogP contribution in [0.3, 0.4) is 0 Å². The molecule has 4 nitrogen and oxygen atoms in total. The van der Waals surface area contributed by atoms with Crippen molar-refractivity contribution in [2.45, 2.75) is 12.3 Å². The molecule has 0 saturated heterocycles. The number of H-pyrrole nitrogens is 1. The number of hydrogen-bond donors (Lipinski definition) is 2. The molecule has 0 fully saturated rings. The van der Waals surface area contributed by atoms with Gasteiger partial charge in [-0.15, -0.1) is 0 Å². The number of benzene rings is 2. The third-order valence-electron chi connectivity index (χ3n) is 3.96. The molecule has 2 aromatic carbocycles. The summed E-state index contributed by atoms with van der Waals surface area (Å²) in [5.74, 6) is -1.29. The lowest BCUT2D eigenvalue weighted by molar-refractivity contribution is -0.137. The fraction of sp³-hybridized carbons (Fsp3) is 0.167. The second-order valence-corrected chi connectivity index (χ2v) is 5.33. The summed E-state index contributed by atoms with van der Waals surface area (Å²) in [5.41, 5.74) is 1.97. The molecule has 2 N–H and O–H groups in total. The predicted molar refractivity (Wildman–Crippen MR) is 85.3 cm³/mol. The number of aromatic nitrogens is 1. The topological polar surface area (TPSA) is 62.3 Å². The number of hydrogen-bond acceptors (Lipinski definition) is 2. The molecule has 5 heteroatoms. The molecule has 0 spiro atoms. The summed E-state index contributed by atoms with van der Waals surface area (Å²) >= 11 is 0. The highest BCUT2D eigenvalue weighted by atomic mass is 19.1.